The molecule has 0 saturated heterocycles. The fourth-order valence-electron chi connectivity index (χ4n) is 2.44. The lowest BCUT2D eigenvalue weighted by atomic mass is 9.91. The molecule has 0 amide bonds. The summed E-state index contributed by atoms with van der Waals surface area (Å²) in [5, 5.41) is 0. The summed E-state index contributed by atoms with van der Waals surface area (Å²) in [5.41, 5.74) is 18.7. The standard InChI is InChI=1S/C28H42Si4/c1-29(2,3)21-17-27(18-22-30(4,5)6)25-13-15-26(16-14-25)28(19-23-31(7,8)9)20-24-32(10,11)12/h13,15H,14,16H2,1-12H3. The molecule has 4 heteroatoms. The molecule has 0 atom stereocenters. The predicted octanol–water partition coefficient (Wildman–Crippen LogP) is 7.45. The highest BCUT2D eigenvalue weighted by molar-refractivity contribution is 6.85. The molecule has 0 unspecified atom stereocenters. The van der Waals surface area contributed by atoms with Crippen LogP contribution in [0.25, 0.3) is 0 Å². The van der Waals surface area contributed by atoms with Crippen molar-refractivity contribution in [3.63, 3.8) is 0 Å². The third kappa shape index (κ3) is 13.0. The highest BCUT2D eigenvalue weighted by Gasteiger charge is 2.15. The van der Waals surface area contributed by atoms with Crippen LogP contribution >= 0.6 is 0 Å². The van der Waals surface area contributed by atoms with Gasteiger partial charge in [0.15, 0.2) is 0 Å². The maximum absolute atomic E-state index is 3.53. The van der Waals surface area contributed by atoms with E-state index >= 15 is 0 Å². The normalized spacial score (nSPS) is 14.0. The van der Waals surface area contributed by atoms with E-state index in [-0.39, 0.29) is 0 Å². The largest absolute Gasteiger partial charge is 0.129 e. The van der Waals surface area contributed by atoms with Crippen molar-refractivity contribution in [2.75, 3.05) is 0 Å². The van der Waals surface area contributed by atoms with Gasteiger partial charge in [0.05, 0.1) is 11.1 Å². The van der Waals surface area contributed by atoms with Crippen LogP contribution in [-0.2, 0) is 0 Å². The molecule has 0 saturated carbocycles. The van der Waals surface area contributed by atoms with Gasteiger partial charge in [-0.15, -0.1) is 22.2 Å². The van der Waals surface area contributed by atoms with Gasteiger partial charge in [0.2, 0.25) is 0 Å². The van der Waals surface area contributed by atoms with E-state index in [4.69, 9.17) is 0 Å². The van der Waals surface area contributed by atoms with Crippen molar-refractivity contribution in [3.8, 4) is 45.9 Å². The summed E-state index contributed by atoms with van der Waals surface area (Å²) in [4.78, 5) is 0. The summed E-state index contributed by atoms with van der Waals surface area (Å²) < 4.78 is 0. The van der Waals surface area contributed by atoms with Crippen LogP contribution in [0.5, 0.6) is 0 Å². The Kier molecular flexibility index (Phi) is 9.72. The van der Waals surface area contributed by atoms with Crippen molar-refractivity contribution in [1.29, 1.82) is 0 Å². The molecule has 0 aromatic heterocycles. The molecule has 1 rings (SSSR count). The van der Waals surface area contributed by atoms with E-state index in [0.717, 1.165) is 24.0 Å². The third-order valence-corrected chi connectivity index (χ3v) is 7.54. The number of allylic oxidation sites excluding steroid dienone is 6. The van der Waals surface area contributed by atoms with Crippen LogP contribution in [0.4, 0.5) is 0 Å². The first kappa shape index (κ1) is 28.4. The molecule has 1 aliphatic rings. The molecule has 0 bridgehead atoms. The lowest BCUT2D eigenvalue weighted by Gasteiger charge is -2.14. The minimum Gasteiger partial charge on any atom is -0.126 e. The summed E-state index contributed by atoms with van der Waals surface area (Å²) in [6.07, 6.45) is 6.35. The Labute approximate surface area is 203 Å². The second kappa shape index (κ2) is 11.0. The van der Waals surface area contributed by atoms with Gasteiger partial charge < -0.3 is 0 Å². The third-order valence-electron chi connectivity index (χ3n) is 4.04. The van der Waals surface area contributed by atoms with E-state index in [1.165, 1.54) is 11.1 Å². The zero-order valence-electron chi connectivity index (χ0n) is 22.6. The monoisotopic (exact) mass is 490 g/mol. The fraction of sp³-hybridized carbons (Fsp3) is 0.500. The Morgan fingerprint density at radius 2 is 0.688 bits per heavy atom. The molecule has 0 nitrogen and oxygen atoms in total. The van der Waals surface area contributed by atoms with Crippen LogP contribution < -0.4 is 0 Å². The topological polar surface area (TPSA) is 0 Å². The van der Waals surface area contributed by atoms with E-state index in [0.29, 0.717) is 0 Å². The summed E-state index contributed by atoms with van der Waals surface area (Å²) in [7, 11) is -5.84. The zero-order chi connectivity index (χ0) is 24.8. The molecular weight excluding hydrogens is 449 g/mol. The Balaban J connectivity index is 3.57. The molecule has 0 heterocycles. The van der Waals surface area contributed by atoms with Gasteiger partial charge in [-0.2, -0.15) is 0 Å². The van der Waals surface area contributed by atoms with Crippen LogP contribution in [0.1, 0.15) is 12.8 Å². The summed E-state index contributed by atoms with van der Waals surface area (Å²) >= 11 is 0. The van der Waals surface area contributed by atoms with E-state index in [2.05, 4.69) is 137 Å². The Bertz CT molecular complexity index is 899. The van der Waals surface area contributed by atoms with Gasteiger partial charge in [-0.1, -0.05) is 114 Å². The highest BCUT2D eigenvalue weighted by Crippen LogP contribution is 2.26. The molecule has 0 N–H and O–H groups in total. The second-order valence-electron chi connectivity index (χ2n) is 12.6. The summed E-state index contributed by atoms with van der Waals surface area (Å²) in [6, 6.07) is 0. The van der Waals surface area contributed by atoms with Gasteiger partial charge in [0, 0.05) is 0 Å². The number of hydrogen-bond donors (Lipinski definition) is 0. The van der Waals surface area contributed by atoms with Crippen LogP contribution in [0.15, 0.2) is 34.4 Å². The lowest BCUT2D eigenvalue weighted by molar-refractivity contribution is 0.939. The Morgan fingerprint density at radius 1 is 0.469 bits per heavy atom. The van der Waals surface area contributed by atoms with Gasteiger partial charge >= 0.3 is 0 Å². The van der Waals surface area contributed by atoms with E-state index in [1.54, 1.807) is 0 Å². The molecule has 0 aliphatic heterocycles. The zero-order valence-corrected chi connectivity index (χ0v) is 26.6. The molecule has 0 fully saturated rings. The summed E-state index contributed by atoms with van der Waals surface area (Å²) in [6.45, 7) is 27.4. The molecule has 0 radical (unpaired) electrons. The maximum Gasteiger partial charge on any atom is 0.129 e. The van der Waals surface area contributed by atoms with Crippen molar-refractivity contribution in [2.24, 2.45) is 0 Å². The highest BCUT2D eigenvalue weighted by atomic mass is 28.3. The van der Waals surface area contributed by atoms with Crippen LogP contribution in [0.2, 0.25) is 78.6 Å². The average molecular weight is 491 g/mol. The van der Waals surface area contributed by atoms with Crippen LogP contribution in [0, 0.1) is 45.9 Å². The van der Waals surface area contributed by atoms with Crippen molar-refractivity contribution >= 4 is 32.3 Å². The first-order valence-corrected chi connectivity index (χ1v) is 25.6. The van der Waals surface area contributed by atoms with E-state index in [1.807, 2.05) is 0 Å². The fourth-order valence-corrected chi connectivity index (χ4v) is 4.44. The van der Waals surface area contributed by atoms with Crippen molar-refractivity contribution < 1.29 is 0 Å². The van der Waals surface area contributed by atoms with E-state index < -0.39 is 32.3 Å². The Hall–Kier alpha value is -1.67. The van der Waals surface area contributed by atoms with Gasteiger partial charge in [0.1, 0.15) is 32.3 Å². The smallest absolute Gasteiger partial charge is 0.126 e. The molecule has 0 aromatic carbocycles. The van der Waals surface area contributed by atoms with E-state index in [9.17, 15) is 0 Å². The molecule has 170 valence electrons. The second-order valence-corrected chi connectivity index (χ2v) is 31.6. The van der Waals surface area contributed by atoms with Crippen molar-refractivity contribution in [3.05, 3.63) is 34.4 Å². The first-order chi connectivity index (χ1) is 14.3. The minimum absolute atomic E-state index is 0.953. The molecule has 0 spiro atoms. The van der Waals surface area contributed by atoms with Gasteiger partial charge in [-0.05, 0) is 24.0 Å². The molecular formula is C28H42Si4. The SMILES string of the molecule is C[Si](C)(C)C#CC(C#C[Si](C)(C)C)=C1C=CC(=C(C#C[Si](C)(C)C)C#C[Si](C)(C)C)CC1. The van der Waals surface area contributed by atoms with Gasteiger partial charge in [-0.25, -0.2) is 0 Å². The van der Waals surface area contributed by atoms with Gasteiger partial charge in [0.25, 0.3) is 0 Å². The van der Waals surface area contributed by atoms with Crippen molar-refractivity contribution in [2.45, 2.75) is 91.4 Å². The molecule has 1 aliphatic carbocycles. The first-order valence-electron chi connectivity index (χ1n) is 11.6. The number of rotatable bonds is 0. The van der Waals surface area contributed by atoms with Crippen LogP contribution in [-0.4, -0.2) is 32.3 Å². The van der Waals surface area contributed by atoms with Crippen molar-refractivity contribution in [1.82, 2.24) is 0 Å². The quantitative estimate of drug-likeness (QED) is 0.244. The maximum atomic E-state index is 3.53. The summed E-state index contributed by atoms with van der Waals surface area (Å²) in [5.74, 6) is 13.9. The average Bonchev–Trinajstić information content (AvgIpc) is 2.58. The van der Waals surface area contributed by atoms with Gasteiger partial charge in [-0.3, -0.25) is 0 Å². The molecule has 32 heavy (non-hydrogen) atoms. The number of hydrogen-bond acceptors (Lipinski definition) is 0. The van der Waals surface area contributed by atoms with Crippen LogP contribution in [0.3, 0.4) is 0 Å². The Morgan fingerprint density at radius 3 is 0.844 bits per heavy atom. The minimum atomic E-state index is -1.46. The molecule has 0 aromatic rings. The predicted molar refractivity (Wildman–Crippen MR) is 157 cm³/mol. The lowest BCUT2D eigenvalue weighted by Crippen LogP contribution is -2.17.